The second-order valence-electron chi connectivity index (χ2n) is 3.47. The standard InChI is InChI=1S/C10H12FN3O3/c11-7-2-1-6(5-9(7)16)10(17)8(15)3-4-13-14-12/h1-2,5,8,10,15-17H,3-4H2. The monoisotopic (exact) mass is 241 g/mol. The highest BCUT2D eigenvalue weighted by atomic mass is 19.1. The Bertz CT molecular complexity index is 435. The second-order valence-corrected chi connectivity index (χ2v) is 3.47. The van der Waals surface area contributed by atoms with Gasteiger partial charge in [-0.25, -0.2) is 4.39 Å². The van der Waals surface area contributed by atoms with Gasteiger partial charge in [0.1, 0.15) is 6.10 Å². The number of halogens is 1. The van der Waals surface area contributed by atoms with Crippen LogP contribution >= 0.6 is 0 Å². The summed E-state index contributed by atoms with van der Waals surface area (Å²) >= 11 is 0. The lowest BCUT2D eigenvalue weighted by atomic mass is 10.0. The van der Waals surface area contributed by atoms with Gasteiger partial charge in [0, 0.05) is 11.5 Å². The molecule has 0 aliphatic heterocycles. The Balaban J connectivity index is 2.70. The summed E-state index contributed by atoms with van der Waals surface area (Å²) in [5.74, 6) is -1.40. The van der Waals surface area contributed by atoms with Crippen molar-refractivity contribution < 1.29 is 19.7 Å². The molecule has 0 heterocycles. The molecular formula is C10H12FN3O3. The Labute approximate surface area is 96.6 Å². The summed E-state index contributed by atoms with van der Waals surface area (Å²) in [4.78, 5) is 2.51. The summed E-state index contributed by atoms with van der Waals surface area (Å²) in [6, 6.07) is 3.29. The van der Waals surface area contributed by atoms with Crippen molar-refractivity contribution in [3.63, 3.8) is 0 Å². The molecule has 17 heavy (non-hydrogen) atoms. The molecule has 2 atom stereocenters. The number of benzene rings is 1. The van der Waals surface area contributed by atoms with Crippen LogP contribution in [0.25, 0.3) is 10.4 Å². The van der Waals surface area contributed by atoms with Crippen molar-refractivity contribution in [2.24, 2.45) is 5.11 Å². The molecule has 1 aromatic rings. The molecule has 0 aliphatic carbocycles. The van der Waals surface area contributed by atoms with Gasteiger partial charge >= 0.3 is 0 Å². The van der Waals surface area contributed by atoms with Crippen molar-refractivity contribution >= 4 is 0 Å². The van der Waals surface area contributed by atoms with Crippen molar-refractivity contribution in [3.05, 3.63) is 40.0 Å². The molecule has 0 radical (unpaired) electrons. The number of aliphatic hydroxyl groups is 2. The van der Waals surface area contributed by atoms with E-state index in [-0.39, 0.29) is 18.5 Å². The van der Waals surface area contributed by atoms with E-state index in [9.17, 15) is 14.6 Å². The fraction of sp³-hybridized carbons (Fsp3) is 0.400. The number of aromatic hydroxyl groups is 1. The Morgan fingerprint density at radius 1 is 1.41 bits per heavy atom. The van der Waals surface area contributed by atoms with Crippen LogP contribution in [0.15, 0.2) is 23.3 Å². The smallest absolute Gasteiger partial charge is 0.164 e. The van der Waals surface area contributed by atoms with Crippen LogP contribution in [0.4, 0.5) is 4.39 Å². The molecule has 3 N–H and O–H groups in total. The van der Waals surface area contributed by atoms with E-state index in [1.54, 1.807) is 0 Å². The van der Waals surface area contributed by atoms with Crippen LogP contribution in [0.5, 0.6) is 5.75 Å². The second kappa shape index (κ2) is 6.05. The Hall–Kier alpha value is -1.82. The zero-order valence-corrected chi connectivity index (χ0v) is 8.86. The van der Waals surface area contributed by atoms with Crippen molar-refractivity contribution in [1.82, 2.24) is 0 Å². The Morgan fingerprint density at radius 3 is 2.71 bits per heavy atom. The summed E-state index contributed by atoms with van der Waals surface area (Å²) in [5, 5.41) is 31.6. The van der Waals surface area contributed by atoms with Crippen LogP contribution in [-0.2, 0) is 0 Å². The minimum absolute atomic E-state index is 0.0436. The van der Waals surface area contributed by atoms with Gasteiger partial charge in [-0.05, 0) is 29.6 Å². The lowest BCUT2D eigenvalue weighted by Gasteiger charge is -2.17. The zero-order valence-electron chi connectivity index (χ0n) is 8.86. The van der Waals surface area contributed by atoms with Gasteiger partial charge in [-0.1, -0.05) is 11.2 Å². The average Bonchev–Trinajstić information content (AvgIpc) is 2.32. The number of hydrogen-bond donors (Lipinski definition) is 3. The van der Waals surface area contributed by atoms with Crippen molar-refractivity contribution in [2.45, 2.75) is 18.6 Å². The third-order valence-corrected chi connectivity index (χ3v) is 2.26. The van der Waals surface area contributed by atoms with E-state index in [1.165, 1.54) is 6.07 Å². The first-order valence-corrected chi connectivity index (χ1v) is 4.91. The fourth-order valence-corrected chi connectivity index (χ4v) is 1.33. The molecule has 0 aromatic heterocycles. The predicted molar refractivity (Wildman–Crippen MR) is 57.7 cm³/mol. The van der Waals surface area contributed by atoms with E-state index in [0.717, 1.165) is 12.1 Å². The number of nitrogens with zero attached hydrogens (tertiary/aromatic N) is 3. The quantitative estimate of drug-likeness (QED) is 0.414. The van der Waals surface area contributed by atoms with E-state index in [1.807, 2.05) is 0 Å². The molecule has 1 aromatic carbocycles. The zero-order chi connectivity index (χ0) is 12.8. The number of rotatable bonds is 5. The molecule has 92 valence electrons. The van der Waals surface area contributed by atoms with Crippen molar-refractivity contribution in [2.75, 3.05) is 6.54 Å². The average molecular weight is 241 g/mol. The SMILES string of the molecule is [N-]=[N+]=NCCC(O)C(O)c1ccc(F)c(O)c1. The topological polar surface area (TPSA) is 109 Å². The van der Waals surface area contributed by atoms with E-state index in [4.69, 9.17) is 10.6 Å². The fourth-order valence-electron chi connectivity index (χ4n) is 1.33. The highest BCUT2D eigenvalue weighted by Gasteiger charge is 2.18. The van der Waals surface area contributed by atoms with Crippen molar-refractivity contribution in [1.29, 1.82) is 0 Å². The number of azide groups is 1. The van der Waals surface area contributed by atoms with Crippen molar-refractivity contribution in [3.8, 4) is 5.75 Å². The molecule has 1 rings (SSSR count). The summed E-state index contributed by atoms with van der Waals surface area (Å²) < 4.78 is 12.8. The first-order valence-electron chi connectivity index (χ1n) is 4.91. The van der Waals surface area contributed by atoms with Crippen LogP contribution in [0, 0.1) is 5.82 Å². The lowest BCUT2D eigenvalue weighted by molar-refractivity contribution is 0.0149. The summed E-state index contributed by atoms with van der Waals surface area (Å²) in [5.41, 5.74) is 8.23. The van der Waals surface area contributed by atoms with Gasteiger partial charge in [0.2, 0.25) is 0 Å². The number of hydrogen-bond acceptors (Lipinski definition) is 4. The highest BCUT2D eigenvalue weighted by Crippen LogP contribution is 2.24. The van der Waals surface area contributed by atoms with E-state index >= 15 is 0 Å². The summed E-state index contributed by atoms with van der Waals surface area (Å²) in [6.07, 6.45) is -2.34. The van der Waals surface area contributed by atoms with E-state index < -0.39 is 23.8 Å². The summed E-state index contributed by atoms with van der Waals surface area (Å²) in [7, 11) is 0. The molecule has 0 fully saturated rings. The van der Waals surface area contributed by atoms with E-state index in [2.05, 4.69) is 10.0 Å². The number of phenolic OH excluding ortho intramolecular Hbond substituents is 1. The molecule has 2 unspecified atom stereocenters. The van der Waals surface area contributed by atoms with Crippen LogP contribution in [0.2, 0.25) is 0 Å². The van der Waals surface area contributed by atoms with E-state index in [0.29, 0.717) is 0 Å². The Kier molecular flexibility index (Phi) is 4.71. The number of aliphatic hydroxyl groups excluding tert-OH is 2. The third-order valence-electron chi connectivity index (χ3n) is 2.26. The van der Waals surface area contributed by atoms with Gasteiger partial charge in [0.25, 0.3) is 0 Å². The highest BCUT2D eigenvalue weighted by molar-refractivity contribution is 5.30. The first-order chi connectivity index (χ1) is 8.06. The lowest BCUT2D eigenvalue weighted by Crippen LogP contribution is -2.19. The molecule has 0 saturated heterocycles. The third kappa shape index (κ3) is 3.60. The van der Waals surface area contributed by atoms with Gasteiger partial charge in [-0.15, -0.1) is 0 Å². The maximum atomic E-state index is 12.8. The van der Waals surface area contributed by atoms with Crippen LogP contribution < -0.4 is 0 Å². The minimum Gasteiger partial charge on any atom is -0.505 e. The maximum absolute atomic E-state index is 12.8. The van der Waals surface area contributed by atoms with Crippen LogP contribution in [0.1, 0.15) is 18.1 Å². The normalized spacial score (nSPS) is 13.8. The molecule has 0 aliphatic rings. The van der Waals surface area contributed by atoms with Gasteiger partial charge in [0.05, 0.1) is 6.10 Å². The predicted octanol–water partition coefficient (Wildman–Crippen LogP) is 1.63. The van der Waals surface area contributed by atoms with Gasteiger partial charge < -0.3 is 15.3 Å². The van der Waals surface area contributed by atoms with Gasteiger partial charge in [0.15, 0.2) is 11.6 Å². The Morgan fingerprint density at radius 2 is 2.12 bits per heavy atom. The van der Waals surface area contributed by atoms with Crippen LogP contribution in [0.3, 0.4) is 0 Å². The maximum Gasteiger partial charge on any atom is 0.164 e. The largest absolute Gasteiger partial charge is 0.505 e. The van der Waals surface area contributed by atoms with Gasteiger partial charge in [-0.3, -0.25) is 0 Å². The molecule has 0 amide bonds. The molecule has 0 bridgehead atoms. The molecule has 6 nitrogen and oxygen atoms in total. The molecule has 0 spiro atoms. The minimum atomic E-state index is -1.27. The summed E-state index contributed by atoms with van der Waals surface area (Å²) in [6.45, 7) is 0.0436. The molecular weight excluding hydrogens is 229 g/mol. The van der Waals surface area contributed by atoms with Crippen LogP contribution in [-0.4, -0.2) is 28.0 Å². The van der Waals surface area contributed by atoms with Gasteiger partial charge in [-0.2, -0.15) is 0 Å². The first kappa shape index (κ1) is 13.2. The molecule has 0 saturated carbocycles. The molecule has 7 heteroatoms. The number of phenols is 1.